The monoisotopic (exact) mass is 186 g/mol. The molecule has 0 spiro atoms. The molecule has 0 aromatic carbocycles. The van der Waals surface area contributed by atoms with Gasteiger partial charge in [-0.2, -0.15) is 0 Å². The molecule has 76 valence electrons. The number of hydrogen-bond donors (Lipinski definition) is 2. The van der Waals surface area contributed by atoms with E-state index in [-0.39, 0.29) is 0 Å². The van der Waals surface area contributed by atoms with E-state index >= 15 is 0 Å². The summed E-state index contributed by atoms with van der Waals surface area (Å²) < 4.78 is 0. The van der Waals surface area contributed by atoms with Crippen molar-refractivity contribution < 1.29 is 9.90 Å². The number of piperidine rings is 1. The smallest absolute Gasteiger partial charge is 0.323 e. The SMILES string of the molecule is CC1(C(=O)O)CCCCN1CCN. The van der Waals surface area contributed by atoms with Crippen molar-refractivity contribution in [2.45, 2.75) is 31.7 Å². The predicted molar refractivity (Wildman–Crippen MR) is 50.5 cm³/mol. The normalized spacial score (nSPS) is 30.3. The van der Waals surface area contributed by atoms with Crippen molar-refractivity contribution in [3.05, 3.63) is 0 Å². The summed E-state index contributed by atoms with van der Waals surface area (Å²) in [5.74, 6) is -0.722. The molecular weight excluding hydrogens is 168 g/mol. The van der Waals surface area contributed by atoms with Gasteiger partial charge in [-0.1, -0.05) is 0 Å². The Morgan fingerprint density at radius 1 is 1.62 bits per heavy atom. The van der Waals surface area contributed by atoms with Crippen LogP contribution >= 0.6 is 0 Å². The first kappa shape index (κ1) is 10.5. The molecule has 1 aliphatic heterocycles. The van der Waals surface area contributed by atoms with Crippen molar-refractivity contribution in [3.8, 4) is 0 Å². The van der Waals surface area contributed by atoms with E-state index in [1.165, 1.54) is 0 Å². The Morgan fingerprint density at radius 3 is 2.85 bits per heavy atom. The maximum absolute atomic E-state index is 11.1. The lowest BCUT2D eigenvalue weighted by molar-refractivity contribution is -0.152. The van der Waals surface area contributed by atoms with E-state index in [2.05, 4.69) is 0 Å². The topological polar surface area (TPSA) is 66.6 Å². The van der Waals surface area contributed by atoms with Crippen molar-refractivity contribution in [1.29, 1.82) is 0 Å². The highest BCUT2D eigenvalue weighted by Gasteiger charge is 2.40. The number of nitrogens with zero attached hydrogens (tertiary/aromatic N) is 1. The molecule has 13 heavy (non-hydrogen) atoms. The number of carboxylic acids is 1. The summed E-state index contributed by atoms with van der Waals surface area (Å²) in [6, 6.07) is 0. The van der Waals surface area contributed by atoms with Crippen LogP contribution in [-0.2, 0) is 4.79 Å². The molecule has 0 saturated carbocycles. The Labute approximate surface area is 78.7 Å². The second-order valence-electron chi connectivity index (χ2n) is 3.81. The average molecular weight is 186 g/mol. The quantitative estimate of drug-likeness (QED) is 0.664. The molecular formula is C9H18N2O2. The molecule has 4 heteroatoms. The zero-order valence-corrected chi connectivity index (χ0v) is 8.12. The van der Waals surface area contributed by atoms with E-state index in [4.69, 9.17) is 10.8 Å². The van der Waals surface area contributed by atoms with Crippen LogP contribution in [0.15, 0.2) is 0 Å². The lowest BCUT2D eigenvalue weighted by atomic mass is 9.88. The third-order valence-electron chi connectivity index (χ3n) is 2.90. The van der Waals surface area contributed by atoms with Gasteiger partial charge >= 0.3 is 5.97 Å². The van der Waals surface area contributed by atoms with E-state index < -0.39 is 11.5 Å². The van der Waals surface area contributed by atoms with Crippen LogP contribution in [0.3, 0.4) is 0 Å². The van der Waals surface area contributed by atoms with Gasteiger partial charge in [0.25, 0.3) is 0 Å². The summed E-state index contributed by atoms with van der Waals surface area (Å²) in [7, 11) is 0. The van der Waals surface area contributed by atoms with Crippen LogP contribution in [0.1, 0.15) is 26.2 Å². The highest BCUT2D eigenvalue weighted by molar-refractivity contribution is 5.78. The van der Waals surface area contributed by atoms with Gasteiger partial charge in [-0.25, -0.2) is 0 Å². The highest BCUT2D eigenvalue weighted by atomic mass is 16.4. The zero-order chi connectivity index (χ0) is 9.90. The lowest BCUT2D eigenvalue weighted by Crippen LogP contribution is -2.56. The van der Waals surface area contributed by atoms with E-state index in [1.807, 2.05) is 4.90 Å². The number of carboxylic acid groups (broad SMARTS) is 1. The van der Waals surface area contributed by atoms with Crippen molar-refractivity contribution in [2.75, 3.05) is 19.6 Å². The van der Waals surface area contributed by atoms with Gasteiger partial charge in [-0.3, -0.25) is 9.69 Å². The lowest BCUT2D eigenvalue weighted by Gasteiger charge is -2.41. The van der Waals surface area contributed by atoms with Crippen LogP contribution in [0.2, 0.25) is 0 Å². The van der Waals surface area contributed by atoms with Crippen LogP contribution < -0.4 is 5.73 Å². The molecule has 1 heterocycles. The summed E-state index contributed by atoms with van der Waals surface area (Å²) in [6.07, 6.45) is 2.83. The maximum Gasteiger partial charge on any atom is 0.323 e. The van der Waals surface area contributed by atoms with Crippen LogP contribution in [0.5, 0.6) is 0 Å². The molecule has 0 amide bonds. The molecule has 0 bridgehead atoms. The van der Waals surface area contributed by atoms with Gasteiger partial charge < -0.3 is 10.8 Å². The fourth-order valence-corrected chi connectivity index (χ4v) is 1.93. The second-order valence-corrected chi connectivity index (χ2v) is 3.81. The molecule has 3 N–H and O–H groups in total. The van der Waals surface area contributed by atoms with E-state index in [0.29, 0.717) is 13.1 Å². The van der Waals surface area contributed by atoms with Crippen molar-refractivity contribution in [2.24, 2.45) is 5.73 Å². The van der Waals surface area contributed by atoms with Gasteiger partial charge in [0.15, 0.2) is 0 Å². The Kier molecular flexibility index (Phi) is 3.27. The van der Waals surface area contributed by atoms with Crippen LogP contribution in [0.25, 0.3) is 0 Å². The Hall–Kier alpha value is -0.610. The summed E-state index contributed by atoms with van der Waals surface area (Å²) in [6.45, 7) is 3.87. The van der Waals surface area contributed by atoms with Crippen LogP contribution in [-0.4, -0.2) is 41.1 Å². The van der Waals surface area contributed by atoms with Gasteiger partial charge in [0, 0.05) is 13.1 Å². The Balaban J connectivity index is 2.71. The van der Waals surface area contributed by atoms with Gasteiger partial charge in [0.05, 0.1) is 0 Å². The van der Waals surface area contributed by atoms with Crippen LogP contribution in [0.4, 0.5) is 0 Å². The highest BCUT2D eigenvalue weighted by Crippen LogP contribution is 2.27. The predicted octanol–water partition coefficient (Wildman–Crippen LogP) is 0.274. The Morgan fingerprint density at radius 2 is 2.31 bits per heavy atom. The molecule has 0 aliphatic carbocycles. The minimum absolute atomic E-state index is 0.531. The summed E-state index contributed by atoms with van der Waals surface area (Å²) in [4.78, 5) is 13.1. The minimum atomic E-state index is -0.722. The number of carbonyl (C=O) groups is 1. The molecule has 0 aromatic rings. The molecule has 1 unspecified atom stereocenters. The standard InChI is InChI=1S/C9H18N2O2/c1-9(8(12)13)4-2-3-6-11(9)7-5-10/h2-7,10H2,1H3,(H,12,13). The largest absolute Gasteiger partial charge is 0.480 e. The van der Waals surface area contributed by atoms with E-state index in [1.54, 1.807) is 6.92 Å². The third-order valence-corrected chi connectivity index (χ3v) is 2.90. The average Bonchev–Trinajstić information content (AvgIpc) is 2.09. The summed E-state index contributed by atoms with van der Waals surface area (Å²) in [5, 5.41) is 9.11. The second kappa shape index (κ2) is 4.07. The minimum Gasteiger partial charge on any atom is -0.480 e. The number of nitrogens with two attached hydrogens (primary N) is 1. The Bertz CT molecular complexity index is 194. The van der Waals surface area contributed by atoms with E-state index in [9.17, 15) is 4.79 Å². The zero-order valence-electron chi connectivity index (χ0n) is 8.12. The number of rotatable bonds is 3. The fourth-order valence-electron chi connectivity index (χ4n) is 1.93. The maximum atomic E-state index is 11.1. The molecule has 1 saturated heterocycles. The van der Waals surface area contributed by atoms with Crippen molar-refractivity contribution >= 4 is 5.97 Å². The van der Waals surface area contributed by atoms with Gasteiger partial charge in [0.1, 0.15) is 5.54 Å². The molecule has 1 atom stereocenters. The first-order valence-corrected chi connectivity index (χ1v) is 4.80. The molecule has 0 radical (unpaired) electrons. The molecule has 4 nitrogen and oxygen atoms in total. The number of likely N-dealkylation sites (tertiary alicyclic amines) is 1. The van der Waals surface area contributed by atoms with Gasteiger partial charge in [-0.15, -0.1) is 0 Å². The molecule has 1 fully saturated rings. The van der Waals surface area contributed by atoms with Crippen molar-refractivity contribution in [3.63, 3.8) is 0 Å². The van der Waals surface area contributed by atoms with Crippen LogP contribution in [0, 0.1) is 0 Å². The number of aliphatic carboxylic acids is 1. The fraction of sp³-hybridized carbons (Fsp3) is 0.889. The molecule has 1 rings (SSSR count). The molecule has 0 aromatic heterocycles. The first-order chi connectivity index (χ1) is 6.11. The first-order valence-electron chi connectivity index (χ1n) is 4.80. The van der Waals surface area contributed by atoms with E-state index in [0.717, 1.165) is 25.8 Å². The third kappa shape index (κ3) is 2.00. The van der Waals surface area contributed by atoms with Gasteiger partial charge in [0.2, 0.25) is 0 Å². The summed E-state index contributed by atoms with van der Waals surface area (Å²) in [5.41, 5.74) is 4.76. The van der Waals surface area contributed by atoms with Gasteiger partial charge in [-0.05, 0) is 32.7 Å². The molecule has 1 aliphatic rings. The van der Waals surface area contributed by atoms with Crippen molar-refractivity contribution in [1.82, 2.24) is 4.90 Å². The number of hydrogen-bond acceptors (Lipinski definition) is 3. The summed E-state index contributed by atoms with van der Waals surface area (Å²) >= 11 is 0.